The Kier molecular flexibility index (Phi) is 7.61. The lowest BCUT2D eigenvalue weighted by Gasteiger charge is -2.17. The van der Waals surface area contributed by atoms with E-state index in [4.69, 9.17) is 14.2 Å². The van der Waals surface area contributed by atoms with Gasteiger partial charge in [-0.3, -0.25) is 9.59 Å². The molecule has 0 amide bonds. The average Bonchev–Trinajstić information content (AvgIpc) is 3.11. The Hall–Kier alpha value is -2.13. The number of rotatable bonds is 9. The van der Waals surface area contributed by atoms with E-state index in [2.05, 4.69) is 4.72 Å². The van der Waals surface area contributed by atoms with Gasteiger partial charge in [0.05, 0.1) is 19.8 Å². The van der Waals surface area contributed by atoms with Crippen molar-refractivity contribution in [1.29, 1.82) is 0 Å². The number of sulfonamides is 1. The van der Waals surface area contributed by atoms with Gasteiger partial charge in [-0.15, -0.1) is 0 Å². The van der Waals surface area contributed by atoms with E-state index in [0.717, 1.165) is 31.9 Å². The first-order valence-electron chi connectivity index (χ1n) is 8.73. The molecule has 1 aromatic carbocycles. The number of hydrogen-bond donors (Lipinski definition) is 1. The van der Waals surface area contributed by atoms with Crippen molar-refractivity contribution in [2.75, 3.05) is 13.4 Å². The fourth-order valence-corrected chi connectivity index (χ4v) is 3.51. The molecule has 1 fully saturated rings. The Labute approximate surface area is 159 Å². The average molecular weight is 399 g/mol. The summed E-state index contributed by atoms with van der Waals surface area (Å²) in [6.07, 6.45) is 3.91. The van der Waals surface area contributed by atoms with Crippen LogP contribution in [0.3, 0.4) is 0 Å². The topological polar surface area (TPSA) is 108 Å². The molecule has 1 aliphatic rings. The maximum atomic E-state index is 12.3. The summed E-state index contributed by atoms with van der Waals surface area (Å²) < 4.78 is 40.7. The minimum absolute atomic E-state index is 0.0531. The van der Waals surface area contributed by atoms with Crippen LogP contribution in [-0.4, -0.2) is 45.9 Å². The highest BCUT2D eigenvalue weighted by Crippen LogP contribution is 2.21. The molecule has 0 aliphatic heterocycles. The van der Waals surface area contributed by atoms with E-state index in [9.17, 15) is 18.0 Å². The highest BCUT2D eigenvalue weighted by atomic mass is 32.2. The van der Waals surface area contributed by atoms with Gasteiger partial charge in [-0.05, 0) is 43.4 Å². The van der Waals surface area contributed by atoms with Crippen molar-refractivity contribution < 1.29 is 32.2 Å². The molecule has 0 saturated heterocycles. The Morgan fingerprint density at radius 1 is 1.19 bits per heavy atom. The summed E-state index contributed by atoms with van der Waals surface area (Å²) in [4.78, 5) is 24.4. The Balaban J connectivity index is 1.94. The van der Waals surface area contributed by atoms with Crippen LogP contribution in [0.4, 0.5) is 0 Å². The first-order valence-corrected chi connectivity index (χ1v) is 10.6. The van der Waals surface area contributed by atoms with Gasteiger partial charge in [-0.1, -0.05) is 12.1 Å². The molecule has 9 heteroatoms. The highest BCUT2D eigenvalue weighted by molar-refractivity contribution is 7.88. The molecular formula is C18H25NO7S. The number of benzene rings is 1. The highest BCUT2D eigenvalue weighted by Gasteiger charge is 2.29. The normalized spacial score (nSPS) is 15.9. The fourth-order valence-electron chi connectivity index (χ4n) is 2.82. The summed E-state index contributed by atoms with van der Waals surface area (Å²) in [6, 6.07) is 5.55. The fraction of sp³-hybridized carbons (Fsp3) is 0.556. The summed E-state index contributed by atoms with van der Waals surface area (Å²) in [7, 11) is -2.17. The van der Waals surface area contributed by atoms with Crippen LogP contribution in [0, 0.1) is 0 Å². The third-order valence-electron chi connectivity index (χ3n) is 4.15. The number of carbonyl (C=O) groups excluding carboxylic acids is 2. The van der Waals surface area contributed by atoms with E-state index in [-0.39, 0.29) is 12.7 Å². The molecule has 2 rings (SSSR count). The van der Waals surface area contributed by atoms with Crippen molar-refractivity contribution in [3.63, 3.8) is 0 Å². The lowest BCUT2D eigenvalue weighted by Crippen LogP contribution is -2.43. The third kappa shape index (κ3) is 7.56. The van der Waals surface area contributed by atoms with E-state index in [1.165, 1.54) is 0 Å². The van der Waals surface area contributed by atoms with Gasteiger partial charge in [-0.25, -0.2) is 13.1 Å². The predicted octanol–water partition coefficient (Wildman–Crippen LogP) is 1.53. The molecular weight excluding hydrogens is 374 g/mol. The summed E-state index contributed by atoms with van der Waals surface area (Å²) >= 11 is 0. The SMILES string of the molecule is COc1ccc(COC(=O)[C@H](CC(=O)OC2CCCC2)NS(C)(=O)=O)cc1. The molecule has 27 heavy (non-hydrogen) atoms. The van der Waals surface area contributed by atoms with Crippen LogP contribution >= 0.6 is 0 Å². The molecule has 1 N–H and O–H groups in total. The summed E-state index contributed by atoms with van der Waals surface area (Å²) in [6.45, 7) is -0.0531. The first kappa shape index (κ1) is 21.2. The molecule has 1 aromatic rings. The monoisotopic (exact) mass is 399 g/mol. The summed E-state index contributed by atoms with van der Waals surface area (Å²) in [5.74, 6) is -0.791. The van der Waals surface area contributed by atoms with Gasteiger partial charge >= 0.3 is 11.9 Å². The quantitative estimate of drug-likeness (QED) is 0.627. The van der Waals surface area contributed by atoms with E-state index in [1.54, 1.807) is 31.4 Å². The van der Waals surface area contributed by atoms with Crippen LogP contribution in [0.25, 0.3) is 0 Å². The minimum Gasteiger partial charge on any atom is -0.497 e. The molecule has 0 heterocycles. The van der Waals surface area contributed by atoms with E-state index in [0.29, 0.717) is 11.3 Å². The second-order valence-corrected chi connectivity index (χ2v) is 8.28. The zero-order valence-corrected chi connectivity index (χ0v) is 16.3. The number of carbonyl (C=O) groups is 2. The number of methoxy groups -OCH3 is 1. The molecule has 1 aliphatic carbocycles. The van der Waals surface area contributed by atoms with Crippen molar-refractivity contribution in [1.82, 2.24) is 4.72 Å². The molecule has 1 saturated carbocycles. The summed E-state index contributed by atoms with van der Waals surface area (Å²) in [5.41, 5.74) is 0.704. The van der Waals surface area contributed by atoms with Crippen LogP contribution < -0.4 is 9.46 Å². The molecule has 0 unspecified atom stereocenters. The van der Waals surface area contributed by atoms with Crippen LogP contribution in [0.5, 0.6) is 5.75 Å². The van der Waals surface area contributed by atoms with E-state index in [1.807, 2.05) is 0 Å². The molecule has 0 spiro atoms. The lowest BCUT2D eigenvalue weighted by atomic mass is 10.2. The maximum Gasteiger partial charge on any atom is 0.325 e. The van der Waals surface area contributed by atoms with Gasteiger partial charge in [0, 0.05) is 0 Å². The molecule has 8 nitrogen and oxygen atoms in total. The molecule has 1 atom stereocenters. The zero-order chi connectivity index (χ0) is 19.9. The number of ether oxygens (including phenoxy) is 3. The Morgan fingerprint density at radius 2 is 1.81 bits per heavy atom. The van der Waals surface area contributed by atoms with Gasteiger partial charge in [0.1, 0.15) is 24.5 Å². The first-order chi connectivity index (χ1) is 12.8. The maximum absolute atomic E-state index is 12.3. The predicted molar refractivity (Wildman–Crippen MR) is 97.5 cm³/mol. The van der Waals surface area contributed by atoms with Gasteiger partial charge in [0.15, 0.2) is 0 Å². The smallest absolute Gasteiger partial charge is 0.325 e. The molecule has 0 aromatic heterocycles. The molecule has 0 radical (unpaired) electrons. The van der Waals surface area contributed by atoms with Gasteiger partial charge in [-0.2, -0.15) is 0 Å². The van der Waals surface area contributed by atoms with Crippen LogP contribution in [-0.2, 0) is 35.7 Å². The summed E-state index contributed by atoms with van der Waals surface area (Å²) in [5, 5.41) is 0. The standard InChI is InChI=1S/C18H25NO7S/c1-24-14-9-7-13(8-10-14)12-25-18(21)16(19-27(2,22)23)11-17(20)26-15-5-3-4-6-15/h7-10,15-16,19H,3-6,11-12H2,1-2H3/t16-/m0/s1. The largest absolute Gasteiger partial charge is 0.497 e. The molecule has 0 bridgehead atoms. The van der Waals surface area contributed by atoms with Crippen molar-refractivity contribution >= 4 is 22.0 Å². The number of esters is 2. The van der Waals surface area contributed by atoms with Crippen molar-refractivity contribution in [3.8, 4) is 5.75 Å². The van der Waals surface area contributed by atoms with Crippen molar-refractivity contribution in [3.05, 3.63) is 29.8 Å². The van der Waals surface area contributed by atoms with Crippen molar-refractivity contribution in [2.45, 2.75) is 50.9 Å². The Bertz CT molecular complexity index is 739. The van der Waals surface area contributed by atoms with Crippen LogP contribution in [0.2, 0.25) is 0 Å². The van der Waals surface area contributed by atoms with Crippen LogP contribution in [0.1, 0.15) is 37.7 Å². The Morgan fingerprint density at radius 3 is 2.37 bits per heavy atom. The third-order valence-corrected chi connectivity index (χ3v) is 4.86. The van der Waals surface area contributed by atoms with Gasteiger partial charge in [0.25, 0.3) is 0 Å². The van der Waals surface area contributed by atoms with Crippen molar-refractivity contribution in [2.24, 2.45) is 0 Å². The number of hydrogen-bond acceptors (Lipinski definition) is 7. The second kappa shape index (κ2) is 9.70. The number of nitrogens with one attached hydrogen (secondary N) is 1. The second-order valence-electron chi connectivity index (χ2n) is 6.50. The van der Waals surface area contributed by atoms with Gasteiger partial charge in [0.2, 0.25) is 10.0 Å². The van der Waals surface area contributed by atoms with Gasteiger partial charge < -0.3 is 14.2 Å². The lowest BCUT2D eigenvalue weighted by molar-refractivity contribution is -0.155. The van der Waals surface area contributed by atoms with Crippen LogP contribution in [0.15, 0.2) is 24.3 Å². The van der Waals surface area contributed by atoms with E-state index < -0.39 is 34.4 Å². The minimum atomic E-state index is -3.71. The zero-order valence-electron chi connectivity index (χ0n) is 15.5. The molecule has 150 valence electrons. The van der Waals surface area contributed by atoms with E-state index >= 15 is 0 Å².